The molecule has 3 unspecified atom stereocenters. The molecule has 0 aromatic rings. The van der Waals surface area contributed by atoms with E-state index in [9.17, 15) is 19.0 Å². The van der Waals surface area contributed by atoms with Crippen molar-refractivity contribution in [1.82, 2.24) is 5.32 Å². The minimum atomic E-state index is -4.69. The summed E-state index contributed by atoms with van der Waals surface area (Å²) in [5.74, 6) is -0.549. The average molecular weight is 1020 g/mol. The molecule has 71 heavy (non-hydrogen) atoms. The second-order valence-corrected chi connectivity index (χ2v) is 22.9. The van der Waals surface area contributed by atoms with Crippen molar-refractivity contribution in [2.24, 2.45) is 0 Å². The fourth-order valence-electron chi connectivity index (χ4n) is 8.53. The maximum atomic E-state index is 13.5. The number of unbranched alkanes of at least 4 members (excludes halogenated alkanes) is 32. The number of nitrogens with one attached hydrogen (secondary N) is 1. The summed E-state index contributed by atoms with van der Waals surface area (Å²) in [5, 5.41) is 3.02. The van der Waals surface area contributed by atoms with Crippen LogP contribution in [0.2, 0.25) is 0 Å². The normalized spacial score (nSPS) is 14.1. The summed E-state index contributed by atoms with van der Waals surface area (Å²) >= 11 is 0. The molecule has 416 valence electrons. The topological polar surface area (TPSA) is 114 Å². The molecular weight excluding hydrogens is 904 g/mol. The molecule has 0 aliphatic rings. The maximum absolute atomic E-state index is 13.5. The number of hydrogen-bond donors (Lipinski definition) is 1. The van der Waals surface area contributed by atoms with Gasteiger partial charge in [0, 0.05) is 12.8 Å². The lowest BCUT2D eigenvalue weighted by molar-refractivity contribution is -0.870. The van der Waals surface area contributed by atoms with Gasteiger partial charge in [0.05, 0.1) is 33.8 Å². The number of nitrogens with zero attached hydrogens (tertiary/aromatic N) is 1. The van der Waals surface area contributed by atoms with E-state index in [1.54, 1.807) is 0 Å². The van der Waals surface area contributed by atoms with E-state index in [0.29, 0.717) is 17.4 Å². The van der Waals surface area contributed by atoms with Crippen LogP contribution < -0.4 is 10.2 Å². The molecule has 9 nitrogen and oxygen atoms in total. The predicted octanol–water partition coefficient (Wildman–Crippen LogP) is 17.5. The number of likely N-dealkylation sites (N-methyl/N-ethyl adjacent to an activating group) is 1. The monoisotopic (exact) mass is 1020 g/mol. The van der Waals surface area contributed by atoms with Crippen LogP contribution >= 0.6 is 7.82 Å². The van der Waals surface area contributed by atoms with E-state index in [-0.39, 0.29) is 24.9 Å². The third kappa shape index (κ3) is 52.6. The molecule has 0 radical (unpaired) electrons. The van der Waals surface area contributed by atoms with Gasteiger partial charge < -0.3 is 28.5 Å². The third-order valence-electron chi connectivity index (χ3n) is 13.2. The zero-order chi connectivity index (χ0) is 52.2. The molecule has 0 spiro atoms. The standard InChI is InChI=1S/C61H115N2O7P/c1-7-10-13-16-19-22-25-27-28-29-30-31-32-33-34-36-39-41-44-47-50-53-60(64)62-58(57-69-71(66,67)68-56-55-63(4,5)6)59(52-49-46-43-40-38-35-26-23-20-17-14-11-8-2)70-61(65)54-51-48-45-42-37-24-21-18-15-12-9-3/h18-19,21-22,27-28,49,52,58-59H,7-17,20,23-26,29-48,50-51,53-57H2,1-6H3,(H-,62,64,66,67)/b21-18-,22-19-,28-27-,52-49+. The number of quaternary nitrogens is 1. The van der Waals surface area contributed by atoms with Crippen LogP contribution in [0.1, 0.15) is 278 Å². The summed E-state index contributed by atoms with van der Waals surface area (Å²) < 4.78 is 30.2. The van der Waals surface area contributed by atoms with Crippen molar-refractivity contribution in [3.8, 4) is 0 Å². The van der Waals surface area contributed by atoms with Gasteiger partial charge in [-0.15, -0.1) is 0 Å². The Hall–Kier alpha value is -2.03. The Balaban J connectivity index is 5.22. The Labute approximate surface area is 439 Å². The molecule has 0 fully saturated rings. The number of hydrogen-bond acceptors (Lipinski definition) is 7. The molecule has 0 aliphatic heterocycles. The number of rotatable bonds is 54. The molecule has 0 aromatic heterocycles. The van der Waals surface area contributed by atoms with Crippen LogP contribution in [0.15, 0.2) is 48.6 Å². The number of phosphoric ester groups is 1. The number of carbonyl (C=O) groups excluding carboxylic acids is 2. The molecule has 0 rings (SSSR count). The van der Waals surface area contributed by atoms with Crippen LogP contribution in [0.25, 0.3) is 0 Å². The number of phosphoric acid groups is 1. The van der Waals surface area contributed by atoms with Gasteiger partial charge in [0.2, 0.25) is 5.91 Å². The zero-order valence-electron chi connectivity index (χ0n) is 47.4. The van der Waals surface area contributed by atoms with Gasteiger partial charge in [-0.05, 0) is 83.1 Å². The highest BCUT2D eigenvalue weighted by Gasteiger charge is 2.27. The summed E-state index contributed by atoms with van der Waals surface area (Å²) in [6, 6.07) is -0.890. The van der Waals surface area contributed by atoms with Crippen LogP contribution in [-0.2, 0) is 27.9 Å². The van der Waals surface area contributed by atoms with Crippen molar-refractivity contribution in [1.29, 1.82) is 0 Å². The van der Waals surface area contributed by atoms with Gasteiger partial charge in [0.1, 0.15) is 19.3 Å². The van der Waals surface area contributed by atoms with E-state index in [1.165, 1.54) is 154 Å². The van der Waals surface area contributed by atoms with Gasteiger partial charge in [0.25, 0.3) is 7.82 Å². The van der Waals surface area contributed by atoms with E-state index in [4.69, 9.17) is 13.8 Å². The minimum absolute atomic E-state index is 0.0236. The second kappa shape index (κ2) is 51.5. The SMILES string of the molecule is CCCC/C=C\CCCCCCCC(=O)OC(/C=C/CCCCCCCCCCCCC)C(COP(=O)([O-])OCC[N+](C)(C)C)NC(=O)CCCCCCCCCCCCC/C=C\C/C=C\CCCCC. The summed E-state index contributed by atoms with van der Waals surface area (Å²) in [4.78, 5) is 39.9. The van der Waals surface area contributed by atoms with Crippen molar-refractivity contribution in [2.75, 3.05) is 40.9 Å². The Kier molecular flexibility index (Phi) is 50.0. The highest BCUT2D eigenvalue weighted by atomic mass is 31.2. The molecule has 10 heteroatoms. The minimum Gasteiger partial charge on any atom is -0.756 e. The molecule has 0 bridgehead atoms. The summed E-state index contributed by atoms with van der Waals surface area (Å²) in [7, 11) is 1.18. The molecule has 0 aromatic carbocycles. The first-order valence-corrected chi connectivity index (χ1v) is 31.4. The van der Waals surface area contributed by atoms with E-state index < -0.39 is 26.6 Å². The van der Waals surface area contributed by atoms with Crippen LogP contribution in [0.5, 0.6) is 0 Å². The second-order valence-electron chi connectivity index (χ2n) is 21.5. The largest absolute Gasteiger partial charge is 0.756 e. The lowest BCUT2D eigenvalue weighted by atomic mass is 10.0. The Morgan fingerprint density at radius 3 is 1.35 bits per heavy atom. The Bertz CT molecular complexity index is 1360. The number of carbonyl (C=O) groups is 2. The van der Waals surface area contributed by atoms with Gasteiger partial charge in [0.15, 0.2) is 0 Å². The Morgan fingerprint density at radius 1 is 0.493 bits per heavy atom. The highest BCUT2D eigenvalue weighted by molar-refractivity contribution is 7.45. The van der Waals surface area contributed by atoms with E-state index in [1.807, 2.05) is 33.3 Å². The van der Waals surface area contributed by atoms with Gasteiger partial charge in [-0.25, -0.2) is 0 Å². The lowest BCUT2D eigenvalue weighted by Gasteiger charge is -2.30. The van der Waals surface area contributed by atoms with Crippen LogP contribution in [0, 0.1) is 0 Å². The summed E-state index contributed by atoms with van der Waals surface area (Å²) in [5.41, 5.74) is 0. The predicted molar refractivity (Wildman–Crippen MR) is 302 cm³/mol. The van der Waals surface area contributed by atoms with Gasteiger partial charge in [-0.2, -0.15) is 0 Å². The van der Waals surface area contributed by atoms with E-state index >= 15 is 0 Å². The van der Waals surface area contributed by atoms with Crippen molar-refractivity contribution < 1.29 is 37.3 Å². The number of allylic oxidation sites excluding steroid dienone is 7. The first-order chi connectivity index (χ1) is 34.4. The maximum Gasteiger partial charge on any atom is 0.306 e. The quantitative estimate of drug-likeness (QED) is 0.0212. The average Bonchev–Trinajstić information content (AvgIpc) is 3.33. The fraction of sp³-hybridized carbons (Fsp3) is 0.836. The highest BCUT2D eigenvalue weighted by Crippen LogP contribution is 2.38. The first-order valence-electron chi connectivity index (χ1n) is 29.9. The van der Waals surface area contributed by atoms with Crippen molar-refractivity contribution in [3.63, 3.8) is 0 Å². The van der Waals surface area contributed by atoms with Crippen LogP contribution in [0.3, 0.4) is 0 Å². The van der Waals surface area contributed by atoms with Crippen molar-refractivity contribution >= 4 is 19.7 Å². The molecule has 0 heterocycles. The number of ether oxygens (including phenoxy) is 1. The van der Waals surface area contributed by atoms with Crippen LogP contribution in [0.4, 0.5) is 0 Å². The molecule has 0 aliphatic carbocycles. The molecular formula is C61H115N2O7P. The first kappa shape index (κ1) is 69.0. The van der Waals surface area contributed by atoms with Gasteiger partial charge in [-0.3, -0.25) is 14.2 Å². The van der Waals surface area contributed by atoms with E-state index in [2.05, 4.69) is 62.5 Å². The van der Waals surface area contributed by atoms with E-state index in [0.717, 1.165) is 89.9 Å². The van der Waals surface area contributed by atoms with Gasteiger partial charge in [-0.1, -0.05) is 230 Å². The third-order valence-corrected chi connectivity index (χ3v) is 14.2. The molecule has 1 N–H and O–H groups in total. The van der Waals surface area contributed by atoms with Crippen molar-refractivity contribution in [2.45, 2.75) is 290 Å². The summed E-state index contributed by atoms with van der Waals surface area (Å²) in [6.45, 7) is 6.79. The molecule has 1 amide bonds. The smallest absolute Gasteiger partial charge is 0.306 e. The van der Waals surface area contributed by atoms with Gasteiger partial charge >= 0.3 is 5.97 Å². The van der Waals surface area contributed by atoms with Crippen molar-refractivity contribution in [3.05, 3.63) is 48.6 Å². The Morgan fingerprint density at radius 2 is 0.873 bits per heavy atom. The summed E-state index contributed by atoms with van der Waals surface area (Å²) in [6.07, 6.45) is 62.2. The molecule has 0 saturated carbocycles. The number of amides is 1. The lowest BCUT2D eigenvalue weighted by Crippen LogP contribution is -2.47. The van der Waals surface area contributed by atoms with Crippen LogP contribution in [-0.4, -0.2) is 69.4 Å². The zero-order valence-corrected chi connectivity index (χ0v) is 48.3. The number of esters is 1. The fourth-order valence-corrected chi connectivity index (χ4v) is 9.26. The molecule has 3 atom stereocenters. The molecule has 0 saturated heterocycles.